The number of rotatable bonds is 3. The van der Waals surface area contributed by atoms with Crippen LogP contribution >= 0.6 is 11.6 Å². The van der Waals surface area contributed by atoms with Crippen LogP contribution in [0.25, 0.3) is 0 Å². The number of nitro groups is 1. The van der Waals surface area contributed by atoms with Gasteiger partial charge in [0.15, 0.2) is 0 Å². The Hall–Kier alpha value is -1.88. The number of nitrogens with zero attached hydrogens (tertiary/aromatic N) is 1. The summed E-state index contributed by atoms with van der Waals surface area (Å²) in [5.74, 6) is -0.492. The third-order valence-electron chi connectivity index (χ3n) is 1.64. The van der Waals surface area contributed by atoms with Gasteiger partial charge in [0.2, 0.25) is 0 Å². The fraction of sp³-hybridized carbons (Fsp3) is 0.100. The molecule has 0 aliphatic carbocycles. The SMILES string of the molecule is CC=CC(=O)Oc1ccc([N+](=O)[O-])cc1Cl. The molecule has 84 valence electrons. The average Bonchev–Trinajstić information content (AvgIpc) is 2.21. The molecule has 0 unspecified atom stereocenters. The quantitative estimate of drug-likeness (QED) is 0.268. The van der Waals surface area contributed by atoms with E-state index in [4.69, 9.17) is 16.3 Å². The van der Waals surface area contributed by atoms with Gasteiger partial charge in [0.1, 0.15) is 5.75 Å². The van der Waals surface area contributed by atoms with Crippen LogP contribution in [0.1, 0.15) is 6.92 Å². The van der Waals surface area contributed by atoms with Gasteiger partial charge in [-0.15, -0.1) is 0 Å². The van der Waals surface area contributed by atoms with Crippen LogP contribution in [0.2, 0.25) is 5.02 Å². The highest BCUT2D eigenvalue weighted by Gasteiger charge is 2.11. The summed E-state index contributed by atoms with van der Waals surface area (Å²) < 4.78 is 4.84. The summed E-state index contributed by atoms with van der Waals surface area (Å²) in [6.45, 7) is 1.67. The van der Waals surface area contributed by atoms with Crippen LogP contribution in [0.3, 0.4) is 0 Å². The number of allylic oxidation sites excluding steroid dienone is 1. The van der Waals surface area contributed by atoms with E-state index in [1.165, 1.54) is 24.3 Å². The number of ether oxygens (including phenoxy) is 1. The van der Waals surface area contributed by atoms with Gasteiger partial charge in [-0.3, -0.25) is 10.1 Å². The van der Waals surface area contributed by atoms with E-state index in [1.54, 1.807) is 6.92 Å². The van der Waals surface area contributed by atoms with Crippen LogP contribution in [0, 0.1) is 10.1 Å². The molecule has 0 heterocycles. The summed E-state index contributed by atoms with van der Waals surface area (Å²) in [5, 5.41) is 10.4. The number of hydrogen-bond acceptors (Lipinski definition) is 4. The normalized spacial score (nSPS) is 10.4. The number of nitro benzene ring substituents is 1. The van der Waals surface area contributed by atoms with E-state index in [-0.39, 0.29) is 16.5 Å². The van der Waals surface area contributed by atoms with Gasteiger partial charge in [0, 0.05) is 18.2 Å². The molecule has 0 saturated heterocycles. The molecule has 0 bridgehead atoms. The zero-order chi connectivity index (χ0) is 12.1. The molecule has 5 nitrogen and oxygen atoms in total. The molecule has 0 saturated carbocycles. The molecular formula is C10H8ClNO4. The molecule has 1 aromatic rings. The highest BCUT2D eigenvalue weighted by atomic mass is 35.5. The lowest BCUT2D eigenvalue weighted by atomic mass is 10.3. The Morgan fingerprint density at radius 1 is 1.56 bits per heavy atom. The average molecular weight is 242 g/mol. The summed E-state index contributed by atoms with van der Waals surface area (Å²) in [6.07, 6.45) is 2.74. The molecule has 0 aliphatic rings. The molecule has 1 aromatic carbocycles. The van der Waals surface area contributed by atoms with Crippen molar-refractivity contribution in [3.63, 3.8) is 0 Å². The van der Waals surface area contributed by atoms with Crippen molar-refractivity contribution < 1.29 is 14.5 Å². The van der Waals surface area contributed by atoms with Gasteiger partial charge in [0.25, 0.3) is 5.69 Å². The predicted molar refractivity (Wildman–Crippen MR) is 58.6 cm³/mol. The first-order chi connectivity index (χ1) is 7.54. The number of hydrogen-bond donors (Lipinski definition) is 0. The summed E-state index contributed by atoms with van der Waals surface area (Å²) >= 11 is 5.71. The van der Waals surface area contributed by atoms with Crippen LogP contribution in [0.5, 0.6) is 5.75 Å². The van der Waals surface area contributed by atoms with E-state index < -0.39 is 10.9 Å². The third-order valence-corrected chi connectivity index (χ3v) is 1.93. The number of carbonyl (C=O) groups excluding carboxylic acids is 1. The lowest BCUT2D eigenvalue weighted by Gasteiger charge is -2.02. The minimum atomic E-state index is -0.585. The summed E-state index contributed by atoms with van der Waals surface area (Å²) in [5.41, 5.74) is -0.157. The van der Waals surface area contributed by atoms with Crippen molar-refractivity contribution in [2.45, 2.75) is 6.92 Å². The highest BCUT2D eigenvalue weighted by molar-refractivity contribution is 6.32. The second-order valence-corrected chi connectivity index (χ2v) is 3.20. The third kappa shape index (κ3) is 3.06. The topological polar surface area (TPSA) is 69.4 Å². The van der Waals surface area contributed by atoms with Gasteiger partial charge in [-0.05, 0) is 13.0 Å². The van der Waals surface area contributed by atoms with Gasteiger partial charge < -0.3 is 4.74 Å². The summed E-state index contributed by atoms with van der Waals surface area (Å²) in [7, 11) is 0. The van der Waals surface area contributed by atoms with Crippen LogP contribution < -0.4 is 4.74 Å². The second-order valence-electron chi connectivity index (χ2n) is 2.79. The number of halogens is 1. The fourth-order valence-electron chi connectivity index (χ4n) is 0.965. The van der Waals surface area contributed by atoms with Crippen LogP contribution in [-0.2, 0) is 4.79 Å². The lowest BCUT2D eigenvalue weighted by molar-refractivity contribution is -0.384. The molecule has 0 amide bonds. The predicted octanol–water partition coefficient (Wildman–Crippen LogP) is 2.73. The van der Waals surface area contributed by atoms with E-state index in [0.29, 0.717) is 0 Å². The molecule has 0 atom stereocenters. The first-order valence-electron chi connectivity index (χ1n) is 4.33. The molecular weight excluding hydrogens is 234 g/mol. The standard InChI is InChI=1S/C10H8ClNO4/c1-2-3-10(13)16-9-5-4-7(12(14)15)6-8(9)11/h2-6H,1H3. The first kappa shape index (κ1) is 12.2. The molecule has 0 aromatic heterocycles. The molecule has 16 heavy (non-hydrogen) atoms. The van der Waals surface area contributed by atoms with Crippen molar-refractivity contribution in [2.24, 2.45) is 0 Å². The zero-order valence-electron chi connectivity index (χ0n) is 8.34. The Kier molecular flexibility index (Phi) is 4.02. The number of benzene rings is 1. The highest BCUT2D eigenvalue weighted by Crippen LogP contribution is 2.28. The van der Waals surface area contributed by atoms with Crippen LogP contribution in [0.4, 0.5) is 5.69 Å². The Morgan fingerprint density at radius 2 is 2.25 bits per heavy atom. The van der Waals surface area contributed by atoms with E-state index in [0.717, 1.165) is 6.07 Å². The van der Waals surface area contributed by atoms with Crippen molar-refractivity contribution in [3.05, 3.63) is 45.5 Å². The van der Waals surface area contributed by atoms with Gasteiger partial charge in [-0.2, -0.15) is 0 Å². The van der Waals surface area contributed by atoms with E-state index >= 15 is 0 Å². The van der Waals surface area contributed by atoms with Crippen molar-refractivity contribution >= 4 is 23.3 Å². The Balaban J connectivity index is 2.91. The number of esters is 1. The van der Waals surface area contributed by atoms with Gasteiger partial charge >= 0.3 is 5.97 Å². The maximum Gasteiger partial charge on any atom is 0.335 e. The van der Waals surface area contributed by atoms with Crippen molar-refractivity contribution in [2.75, 3.05) is 0 Å². The van der Waals surface area contributed by atoms with E-state index in [1.807, 2.05) is 0 Å². The summed E-state index contributed by atoms with van der Waals surface area (Å²) in [4.78, 5) is 20.9. The molecule has 1 rings (SSSR count). The Morgan fingerprint density at radius 3 is 2.75 bits per heavy atom. The molecule has 0 fully saturated rings. The Labute approximate surface area is 96.4 Å². The largest absolute Gasteiger partial charge is 0.422 e. The van der Waals surface area contributed by atoms with E-state index in [2.05, 4.69) is 0 Å². The van der Waals surface area contributed by atoms with Crippen LogP contribution in [0.15, 0.2) is 30.4 Å². The van der Waals surface area contributed by atoms with Crippen molar-refractivity contribution in [1.82, 2.24) is 0 Å². The molecule has 0 radical (unpaired) electrons. The maximum absolute atomic E-state index is 11.1. The Bertz CT molecular complexity index is 456. The lowest BCUT2D eigenvalue weighted by Crippen LogP contribution is -2.04. The van der Waals surface area contributed by atoms with Gasteiger partial charge in [-0.1, -0.05) is 17.7 Å². The number of carbonyl (C=O) groups is 1. The van der Waals surface area contributed by atoms with Crippen LogP contribution in [-0.4, -0.2) is 10.9 Å². The monoisotopic (exact) mass is 241 g/mol. The van der Waals surface area contributed by atoms with Crippen molar-refractivity contribution in [3.8, 4) is 5.75 Å². The number of non-ortho nitro benzene ring substituents is 1. The van der Waals surface area contributed by atoms with Gasteiger partial charge in [-0.25, -0.2) is 4.79 Å². The molecule has 0 spiro atoms. The molecule has 0 aliphatic heterocycles. The fourth-order valence-corrected chi connectivity index (χ4v) is 1.18. The van der Waals surface area contributed by atoms with Gasteiger partial charge in [0.05, 0.1) is 9.95 Å². The second kappa shape index (κ2) is 5.27. The zero-order valence-corrected chi connectivity index (χ0v) is 9.10. The molecule has 0 N–H and O–H groups in total. The first-order valence-corrected chi connectivity index (χ1v) is 4.71. The molecule has 6 heteroatoms. The smallest absolute Gasteiger partial charge is 0.335 e. The maximum atomic E-state index is 11.1. The van der Waals surface area contributed by atoms with Crippen molar-refractivity contribution in [1.29, 1.82) is 0 Å². The minimum absolute atomic E-state index is 0.0204. The van der Waals surface area contributed by atoms with E-state index in [9.17, 15) is 14.9 Å². The minimum Gasteiger partial charge on any atom is -0.422 e. The summed E-state index contributed by atoms with van der Waals surface area (Å²) in [6, 6.07) is 3.62.